The van der Waals surface area contributed by atoms with Crippen LogP contribution in [0.3, 0.4) is 0 Å². The highest BCUT2D eigenvalue weighted by atomic mass is 32.2. The van der Waals surface area contributed by atoms with Crippen LogP contribution in [0.4, 0.5) is 0 Å². The van der Waals surface area contributed by atoms with E-state index in [-0.39, 0.29) is 10.7 Å². The van der Waals surface area contributed by atoms with Crippen molar-refractivity contribution in [3.8, 4) is 0 Å². The summed E-state index contributed by atoms with van der Waals surface area (Å²) in [4.78, 5) is 24.5. The third-order valence-electron chi connectivity index (χ3n) is 4.91. The van der Waals surface area contributed by atoms with E-state index in [4.69, 9.17) is 4.74 Å². The van der Waals surface area contributed by atoms with E-state index in [1.165, 1.54) is 12.1 Å². The summed E-state index contributed by atoms with van der Waals surface area (Å²) >= 11 is 0. The number of Topliss-reactive ketones (excluding diaryl/α,β-unsaturated/α-hetero) is 1. The number of carbonyl (C=O) groups excluding carboxylic acids is 2. The van der Waals surface area contributed by atoms with E-state index >= 15 is 0 Å². The molecule has 7 nitrogen and oxygen atoms in total. The molecule has 2 aromatic rings. The normalized spacial score (nSPS) is 11.7. The summed E-state index contributed by atoms with van der Waals surface area (Å²) in [7, 11) is -3.82. The predicted octanol–water partition coefficient (Wildman–Crippen LogP) is 3.16. The summed E-state index contributed by atoms with van der Waals surface area (Å²) in [5, 5.41) is 0. The first-order valence-electron chi connectivity index (χ1n) is 9.93. The topological polar surface area (TPSA) is 94.5 Å². The number of ketones is 1. The lowest BCUT2D eigenvalue weighted by Gasteiger charge is -2.11. The first kappa shape index (κ1) is 23.8. The van der Waals surface area contributed by atoms with Gasteiger partial charge in [-0.3, -0.25) is 9.59 Å². The molecule has 0 amide bonds. The number of aromatic nitrogens is 1. The van der Waals surface area contributed by atoms with Gasteiger partial charge in [-0.25, -0.2) is 8.42 Å². The largest absolute Gasteiger partial charge is 0.456 e. The standard InChI is InChI=1S/C22H30N2O5S/c1-15(2)10-11-24-17(4)12-20(18(24)5)21(25)14-29-22(26)13-23-30(27,28)19-8-6-16(3)7-9-19/h6-9,12,15,23H,10-11,13-14H2,1-5H3. The summed E-state index contributed by atoms with van der Waals surface area (Å²) in [5.41, 5.74) is 3.27. The molecule has 0 aliphatic carbocycles. The van der Waals surface area contributed by atoms with E-state index in [1.54, 1.807) is 18.2 Å². The Hall–Kier alpha value is -2.45. The Kier molecular flexibility index (Phi) is 7.97. The molecule has 1 N–H and O–H groups in total. The summed E-state index contributed by atoms with van der Waals surface area (Å²) in [6.07, 6.45) is 1.00. The predicted molar refractivity (Wildman–Crippen MR) is 115 cm³/mol. The second-order valence-corrected chi connectivity index (χ2v) is 9.61. The molecule has 2 rings (SSSR count). The van der Waals surface area contributed by atoms with E-state index < -0.39 is 29.1 Å². The van der Waals surface area contributed by atoms with E-state index in [0.29, 0.717) is 11.5 Å². The molecule has 8 heteroatoms. The van der Waals surface area contributed by atoms with Crippen LogP contribution in [0.25, 0.3) is 0 Å². The number of nitrogens with zero attached hydrogens (tertiary/aromatic N) is 1. The number of benzene rings is 1. The quantitative estimate of drug-likeness (QED) is 0.458. The third-order valence-corrected chi connectivity index (χ3v) is 6.32. The van der Waals surface area contributed by atoms with Gasteiger partial charge in [0.05, 0.1) is 4.90 Å². The highest BCUT2D eigenvalue weighted by Gasteiger charge is 2.19. The minimum Gasteiger partial charge on any atom is -0.456 e. The number of esters is 1. The molecule has 0 fully saturated rings. The maximum Gasteiger partial charge on any atom is 0.321 e. The Bertz CT molecular complexity index is 1000. The number of aryl methyl sites for hydroxylation is 2. The molecule has 30 heavy (non-hydrogen) atoms. The first-order chi connectivity index (χ1) is 14.0. The van der Waals surface area contributed by atoms with Crippen LogP contribution < -0.4 is 4.72 Å². The van der Waals surface area contributed by atoms with Crippen molar-refractivity contribution in [1.29, 1.82) is 0 Å². The van der Waals surface area contributed by atoms with Crippen LogP contribution in [0, 0.1) is 26.7 Å². The summed E-state index contributed by atoms with van der Waals surface area (Å²) in [5.74, 6) is -0.573. The average Bonchev–Trinajstić information content (AvgIpc) is 2.97. The second kappa shape index (κ2) is 10.0. The summed E-state index contributed by atoms with van der Waals surface area (Å²) in [6, 6.07) is 8.06. The van der Waals surface area contributed by atoms with Gasteiger partial charge in [-0.2, -0.15) is 4.72 Å². The molecular formula is C22H30N2O5S. The van der Waals surface area contributed by atoms with Crippen molar-refractivity contribution in [2.75, 3.05) is 13.2 Å². The Labute approximate surface area is 178 Å². The van der Waals surface area contributed by atoms with Gasteiger partial charge in [-0.15, -0.1) is 0 Å². The summed E-state index contributed by atoms with van der Waals surface area (Å²) < 4.78 is 33.7. The van der Waals surface area contributed by atoms with Crippen LogP contribution in [0.2, 0.25) is 0 Å². The molecule has 0 saturated heterocycles. The van der Waals surface area contributed by atoms with Crippen LogP contribution in [-0.2, 0) is 26.1 Å². The molecule has 1 aromatic carbocycles. The monoisotopic (exact) mass is 434 g/mol. The molecule has 0 aliphatic rings. The van der Waals surface area contributed by atoms with Gasteiger partial charge in [0, 0.05) is 23.5 Å². The van der Waals surface area contributed by atoms with Crippen LogP contribution in [0.5, 0.6) is 0 Å². The van der Waals surface area contributed by atoms with Gasteiger partial charge in [-0.05, 0) is 51.3 Å². The van der Waals surface area contributed by atoms with Crippen molar-refractivity contribution in [2.24, 2.45) is 5.92 Å². The maximum absolute atomic E-state index is 12.5. The lowest BCUT2D eigenvalue weighted by atomic mass is 10.1. The number of sulfonamides is 1. The zero-order valence-corrected chi connectivity index (χ0v) is 19.0. The Morgan fingerprint density at radius 3 is 2.33 bits per heavy atom. The molecule has 0 spiro atoms. The SMILES string of the molecule is Cc1ccc(S(=O)(=O)NCC(=O)OCC(=O)c2cc(C)n(CCC(C)C)c2C)cc1. The molecule has 0 aliphatic heterocycles. The van der Waals surface area contributed by atoms with Crippen molar-refractivity contribution in [3.05, 3.63) is 52.8 Å². The molecule has 164 valence electrons. The van der Waals surface area contributed by atoms with Gasteiger partial charge in [0.25, 0.3) is 0 Å². The van der Waals surface area contributed by atoms with E-state index in [1.807, 2.05) is 20.8 Å². The molecule has 0 saturated carbocycles. The lowest BCUT2D eigenvalue weighted by molar-refractivity contribution is -0.141. The molecule has 0 unspecified atom stereocenters. The van der Waals surface area contributed by atoms with Crippen LogP contribution in [-0.4, -0.2) is 37.9 Å². The highest BCUT2D eigenvalue weighted by molar-refractivity contribution is 7.89. The minimum absolute atomic E-state index is 0.0609. The van der Waals surface area contributed by atoms with Crippen molar-refractivity contribution in [1.82, 2.24) is 9.29 Å². The van der Waals surface area contributed by atoms with E-state index in [2.05, 4.69) is 23.1 Å². The third kappa shape index (κ3) is 6.27. The molecule has 0 bridgehead atoms. The van der Waals surface area contributed by atoms with Crippen LogP contribution in [0.15, 0.2) is 35.2 Å². The van der Waals surface area contributed by atoms with E-state index in [9.17, 15) is 18.0 Å². The highest BCUT2D eigenvalue weighted by Crippen LogP contribution is 2.18. The van der Waals surface area contributed by atoms with Crippen molar-refractivity contribution >= 4 is 21.8 Å². The average molecular weight is 435 g/mol. The summed E-state index contributed by atoms with van der Waals surface area (Å²) in [6.45, 7) is 9.80. The van der Waals surface area contributed by atoms with Crippen molar-refractivity contribution in [2.45, 2.75) is 52.5 Å². The van der Waals surface area contributed by atoms with Gasteiger partial charge in [-0.1, -0.05) is 31.5 Å². The fourth-order valence-corrected chi connectivity index (χ4v) is 4.01. The second-order valence-electron chi connectivity index (χ2n) is 7.84. The lowest BCUT2D eigenvalue weighted by Crippen LogP contribution is -2.31. The number of carbonyl (C=O) groups is 2. The molecule has 1 heterocycles. The van der Waals surface area contributed by atoms with Gasteiger partial charge in [0.2, 0.25) is 15.8 Å². The zero-order valence-electron chi connectivity index (χ0n) is 18.2. The smallest absolute Gasteiger partial charge is 0.321 e. The number of hydrogen-bond donors (Lipinski definition) is 1. The number of ether oxygens (including phenoxy) is 1. The number of nitrogens with one attached hydrogen (secondary N) is 1. The minimum atomic E-state index is -3.82. The van der Waals surface area contributed by atoms with Gasteiger partial charge in [0.15, 0.2) is 6.61 Å². The van der Waals surface area contributed by atoms with Crippen molar-refractivity contribution in [3.63, 3.8) is 0 Å². The number of hydrogen-bond acceptors (Lipinski definition) is 5. The molecule has 1 aromatic heterocycles. The molecule has 0 atom stereocenters. The van der Waals surface area contributed by atoms with Gasteiger partial charge < -0.3 is 9.30 Å². The fraction of sp³-hybridized carbons (Fsp3) is 0.455. The zero-order chi connectivity index (χ0) is 22.5. The Morgan fingerprint density at radius 2 is 1.73 bits per heavy atom. The van der Waals surface area contributed by atoms with Gasteiger partial charge in [0.1, 0.15) is 6.54 Å². The fourth-order valence-electron chi connectivity index (χ4n) is 3.04. The van der Waals surface area contributed by atoms with E-state index in [0.717, 1.165) is 29.9 Å². The van der Waals surface area contributed by atoms with Crippen LogP contribution in [0.1, 0.15) is 47.6 Å². The number of rotatable bonds is 10. The molecular weight excluding hydrogens is 404 g/mol. The Morgan fingerprint density at radius 1 is 1.10 bits per heavy atom. The molecule has 0 radical (unpaired) electrons. The Balaban J connectivity index is 1.91. The van der Waals surface area contributed by atoms with Crippen LogP contribution >= 0.6 is 0 Å². The van der Waals surface area contributed by atoms with Gasteiger partial charge >= 0.3 is 5.97 Å². The first-order valence-corrected chi connectivity index (χ1v) is 11.4. The maximum atomic E-state index is 12.5. The van der Waals surface area contributed by atoms with Crippen molar-refractivity contribution < 1.29 is 22.7 Å².